The molecule has 0 aliphatic heterocycles. The van der Waals surface area contributed by atoms with Crippen molar-refractivity contribution in [2.75, 3.05) is 5.32 Å². The van der Waals surface area contributed by atoms with Gasteiger partial charge in [-0.2, -0.15) is 8.78 Å². The van der Waals surface area contributed by atoms with Crippen molar-refractivity contribution in [2.24, 2.45) is 0 Å². The van der Waals surface area contributed by atoms with E-state index in [1.165, 1.54) is 12.1 Å². The van der Waals surface area contributed by atoms with Gasteiger partial charge in [0.2, 0.25) is 5.91 Å². The van der Waals surface area contributed by atoms with Crippen LogP contribution < -0.4 is 5.32 Å². The number of carbonyl (C=O) groups is 1. The molecule has 2 aromatic rings. The SMILES string of the molecule is O=C(/C=C/c1cccnc1)Nc1ccccc1SC(F)F. The number of hydrogen-bond donors (Lipinski definition) is 1. The van der Waals surface area contributed by atoms with E-state index in [-0.39, 0.29) is 5.91 Å². The van der Waals surface area contributed by atoms with Gasteiger partial charge in [0.25, 0.3) is 5.76 Å². The number of halogens is 2. The lowest BCUT2D eigenvalue weighted by molar-refractivity contribution is -0.111. The van der Waals surface area contributed by atoms with Crippen LogP contribution in [0.25, 0.3) is 6.08 Å². The minimum absolute atomic E-state index is 0.329. The Balaban J connectivity index is 2.04. The van der Waals surface area contributed by atoms with Gasteiger partial charge in [-0.15, -0.1) is 0 Å². The van der Waals surface area contributed by atoms with Crippen molar-refractivity contribution in [3.8, 4) is 0 Å². The van der Waals surface area contributed by atoms with E-state index >= 15 is 0 Å². The molecule has 1 aromatic heterocycles. The number of amides is 1. The molecule has 1 N–H and O–H groups in total. The van der Waals surface area contributed by atoms with E-state index in [0.717, 1.165) is 5.56 Å². The van der Waals surface area contributed by atoms with Crippen LogP contribution in [0, 0.1) is 0 Å². The molecule has 0 saturated heterocycles. The van der Waals surface area contributed by atoms with Crippen molar-refractivity contribution >= 4 is 29.4 Å². The fraction of sp³-hybridized carbons (Fsp3) is 0.0667. The molecule has 0 bridgehead atoms. The maximum absolute atomic E-state index is 12.4. The quantitative estimate of drug-likeness (QED) is 0.669. The normalized spacial score (nSPS) is 11.0. The molecule has 3 nitrogen and oxygen atoms in total. The van der Waals surface area contributed by atoms with Crippen LogP contribution >= 0.6 is 11.8 Å². The Morgan fingerprint density at radius 1 is 1.24 bits per heavy atom. The zero-order chi connectivity index (χ0) is 15.1. The molecular formula is C15H12F2N2OS. The van der Waals surface area contributed by atoms with Crippen LogP contribution in [-0.2, 0) is 4.79 Å². The number of benzene rings is 1. The molecule has 2 rings (SSSR count). The number of alkyl halides is 2. The van der Waals surface area contributed by atoms with Crippen LogP contribution in [0.2, 0.25) is 0 Å². The maximum Gasteiger partial charge on any atom is 0.288 e. The highest BCUT2D eigenvalue weighted by molar-refractivity contribution is 7.99. The average Bonchev–Trinajstić information content (AvgIpc) is 2.48. The van der Waals surface area contributed by atoms with Gasteiger partial charge in [-0.05, 0) is 29.8 Å². The zero-order valence-corrected chi connectivity index (χ0v) is 11.7. The summed E-state index contributed by atoms with van der Waals surface area (Å²) in [5.41, 5.74) is 1.14. The van der Waals surface area contributed by atoms with Gasteiger partial charge in [0.1, 0.15) is 0 Å². The first kappa shape index (κ1) is 15.2. The summed E-state index contributed by atoms with van der Waals surface area (Å²) in [5.74, 6) is -2.92. The maximum atomic E-state index is 12.4. The van der Waals surface area contributed by atoms with Gasteiger partial charge in [0.05, 0.1) is 5.69 Å². The van der Waals surface area contributed by atoms with E-state index in [4.69, 9.17) is 0 Å². The van der Waals surface area contributed by atoms with Gasteiger partial charge in [0, 0.05) is 23.4 Å². The fourth-order valence-electron chi connectivity index (χ4n) is 1.59. The Morgan fingerprint density at radius 3 is 2.76 bits per heavy atom. The third kappa shape index (κ3) is 5.00. The number of hydrogen-bond acceptors (Lipinski definition) is 3. The first-order valence-electron chi connectivity index (χ1n) is 6.08. The first-order valence-corrected chi connectivity index (χ1v) is 6.96. The minimum Gasteiger partial charge on any atom is -0.321 e. The van der Waals surface area contributed by atoms with E-state index < -0.39 is 5.76 Å². The summed E-state index contributed by atoms with van der Waals surface area (Å²) < 4.78 is 24.9. The Labute approximate surface area is 125 Å². The van der Waals surface area contributed by atoms with Crippen molar-refractivity contribution < 1.29 is 13.6 Å². The van der Waals surface area contributed by atoms with Crippen LogP contribution in [0.15, 0.2) is 59.8 Å². The highest BCUT2D eigenvalue weighted by Crippen LogP contribution is 2.31. The molecule has 0 unspecified atom stereocenters. The van der Waals surface area contributed by atoms with Gasteiger partial charge in [-0.3, -0.25) is 9.78 Å². The number of pyridine rings is 1. The first-order chi connectivity index (χ1) is 10.1. The van der Waals surface area contributed by atoms with E-state index in [0.29, 0.717) is 22.3 Å². The summed E-state index contributed by atoms with van der Waals surface area (Å²) in [6, 6.07) is 10.0. The smallest absolute Gasteiger partial charge is 0.288 e. The summed E-state index contributed by atoms with van der Waals surface area (Å²) in [7, 11) is 0. The average molecular weight is 306 g/mol. The largest absolute Gasteiger partial charge is 0.321 e. The second kappa shape index (κ2) is 7.54. The molecule has 1 aromatic carbocycles. The van der Waals surface area contributed by atoms with Gasteiger partial charge in [-0.1, -0.05) is 30.0 Å². The van der Waals surface area contributed by atoms with Gasteiger partial charge in [0.15, 0.2) is 0 Å². The van der Waals surface area contributed by atoms with Crippen molar-refractivity contribution in [1.82, 2.24) is 4.98 Å². The van der Waals surface area contributed by atoms with E-state index in [1.807, 2.05) is 0 Å². The minimum atomic E-state index is -2.53. The molecule has 0 aliphatic rings. The topological polar surface area (TPSA) is 42.0 Å². The number of rotatable bonds is 5. The molecule has 1 amide bonds. The third-order valence-electron chi connectivity index (χ3n) is 2.47. The third-order valence-corrected chi connectivity index (χ3v) is 3.26. The molecular weight excluding hydrogens is 294 g/mol. The monoisotopic (exact) mass is 306 g/mol. The van der Waals surface area contributed by atoms with Crippen LogP contribution in [0.4, 0.5) is 14.5 Å². The predicted octanol–water partition coefficient (Wildman–Crippen LogP) is 4.05. The lowest BCUT2D eigenvalue weighted by Gasteiger charge is -2.08. The Hall–Kier alpha value is -2.21. The standard InChI is InChI=1S/C15H12F2N2OS/c16-15(17)21-13-6-2-1-5-12(13)19-14(20)8-7-11-4-3-9-18-10-11/h1-10,15H,(H,19,20)/b8-7+. The molecule has 0 radical (unpaired) electrons. The van der Waals surface area contributed by atoms with E-state index in [9.17, 15) is 13.6 Å². The van der Waals surface area contributed by atoms with Crippen LogP contribution in [-0.4, -0.2) is 16.6 Å². The highest BCUT2D eigenvalue weighted by atomic mass is 32.2. The number of nitrogens with zero attached hydrogens (tertiary/aromatic N) is 1. The van der Waals surface area contributed by atoms with Crippen LogP contribution in [0.3, 0.4) is 0 Å². The van der Waals surface area contributed by atoms with Crippen molar-refractivity contribution in [1.29, 1.82) is 0 Å². The zero-order valence-electron chi connectivity index (χ0n) is 10.9. The van der Waals surface area contributed by atoms with E-state index in [2.05, 4.69) is 10.3 Å². The fourth-order valence-corrected chi connectivity index (χ4v) is 2.18. The Morgan fingerprint density at radius 2 is 2.05 bits per heavy atom. The summed E-state index contributed by atoms with van der Waals surface area (Å²) in [5, 5.41) is 2.59. The summed E-state index contributed by atoms with van der Waals surface area (Å²) in [4.78, 5) is 16.1. The number of thioether (sulfide) groups is 1. The molecule has 108 valence electrons. The number of anilines is 1. The summed E-state index contributed by atoms with van der Waals surface area (Å²) in [6.07, 6.45) is 6.19. The predicted molar refractivity (Wildman–Crippen MR) is 80.2 cm³/mol. The molecule has 6 heteroatoms. The number of nitrogens with one attached hydrogen (secondary N) is 1. The Bertz CT molecular complexity index is 633. The van der Waals surface area contributed by atoms with Crippen molar-refractivity contribution in [3.05, 3.63) is 60.4 Å². The summed E-state index contributed by atoms with van der Waals surface area (Å²) in [6.45, 7) is 0. The molecule has 0 fully saturated rings. The number of carbonyl (C=O) groups excluding carboxylic acids is 1. The molecule has 0 spiro atoms. The van der Waals surface area contributed by atoms with Gasteiger partial charge >= 0.3 is 0 Å². The number of aromatic nitrogens is 1. The van der Waals surface area contributed by atoms with E-state index in [1.54, 1.807) is 48.8 Å². The molecule has 0 aliphatic carbocycles. The van der Waals surface area contributed by atoms with Crippen LogP contribution in [0.1, 0.15) is 5.56 Å². The number of para-hydroxylation sites is 1. The van der Waals surface area contributed by atoms with Crippen LogP contribution in [0.5, 0.6) is 0 Å². The van der Waals surface area contributed by atoms with Gasteiger partial charge in [-0.25, -0.2) is 0 Å². The molecule has 0 atom stereocenters. The van der Waals surface area contributed by atoms with Crippen molar-refractivity contribution in [2.45, 2.75) is 10.7 Å². The summed E-state index contributed by atoms with van der Waals surface area (Å²) >= 11 is 0.399. The second-order valence-electron chi connectivity index (χ2n) is 3.98. The lowest BCUT2D eigenvalue weighted by Crippen LogP contribution is -2.08. The second-order valence-corrected chi connectivity index (χ2v) is 5.02. The highest BCUT2D eigenvalue weighted by Gasteiger charge is 2.10. The van der Waals surface area contributed by atoms with Gasteiger partial charge < -0.3 is 5.32 Å². The molecule has 1 heterocycles. The molecule has 0 saturated carbocycles. The van der Waals surface area contributed by atoms with Crippen molar-refractivity contribution in [3.63, 3.8) is 0 Å². The molecule has 21 heavy (non-hydrogen) atoms. The Kier molecular flexibility index (Phi) is 5.45. The lowest BCUT2D eigenvalue weighted by atomic mass is 10.2.